The van der Waals surface area contributed by atoms with E-state index in [1.807, 2.05) is 24.3 Å². The molecule has 3 aliphatic rings. The summed E-state index contributed by atoms with van der Waals surface area (Å²) in [7, 11) is 0. The zero-order chi connectivity index (χ0) is 22.9. The van der Waals surface area contributed by atoms with Crippen LogP contribution >= 0.6 is 11.6 Å². The van der Waals surface area contributed by atoms with Gasteiger partial charge in [-0.05, 0) is 55.5 Å². The molecule has 3 unspecified atom stereocenters. The van der Waals surface area contributed by atoms with Gasteiger partial charge in [0.05, 0.1) is 29.2 Å². The Morgan fingerprint density at radius 1 is 1.12 bits per heavy atom. The molecule has 1 aromatic heterocycles. The van der Waals surface area contributed by atoms with Crippen LogP contribution in [0.25, 0.3) is 0 Å². The minimum absolute atomic E-state index is 0.0269. The largest absolute Gasteiger partial charge is 0.494 e. The molecule has 172 valence electrons. The SMILES string of the molecule is CCCCOc1ccc(C2C3=C(OC4CCCCC4C3=O)C(=O)N2c2ccc(Cl)cn2)cc1. The summed E-state index contributed by atoms with van der Waals surface area (Å²) in [5.41, 5.74) is 1.26. The number of ether oxygens (including phenoxy) is 2. The van der Waals surface area contributed by atoms with Crippen LogP contribution in [-0.4, -0.2) is 29.4 Å². The summed E-state index contributed by atoms with van der Waals surface area (Å²) in [5.74, 6) is 0.882. The number of Topliss-reactive ketones (excluding diaryl/α,β-unsaturated/α-hetero) is 1. The zero-order valence-corrected chi connectivity index (χ0v) is 19.4. The smallest absolute Gasteiger partial charge is 0.295 e. The molecule has 5 rings (SSSR count). The van der Waals surface area contributed by atoms with E-state index in [4.69, 9.17) is 21.1 Å². The van der Waals surface area contributed by atoms with Gasteiger partial charge in [-0.2, -0.15) is 0 Å². The summed E-state index contributed by atoms with van der Waals surface area (Å²) in [6.07, 6.45) is 6.94. The number of benzene rings is 1. The fraction of sp³-hybridized carbons (Fsp3) is 0.423. The number of nitrogens with zero attached hydrogens (tertiary/aromatic N) is 2. The summed E-state index contributed by atoms with van der Waals surface area (Å²) in [6, 6.07) is 10.4. The average Bonchev–Trinajstić information content (AvgIpc) is 3.13. The monoisotopic (exact) mass is 466 g/mol. The molecule has 2 aliphatic heterocycles. The van der Waals surface area contributed by atoms with Crippen LogP contribution in [0.2, 0.25) is 5.02 Å². The van der Waals surface area contributed by atoms with Crippen LogP contribution in [0.1, 0.15) is 57.1 Å². The van der Waals surface area contributed by atoms with Gasteiger partial charge < -0.3 is 9.47 Å². The van der Waals surface area contributed by atoms with E-state index in [1.165, 1.54) is 6.20 Å². The summed E-state index contributed by atoms with van der Waals surface area (Å²) in [6.45, 7) is 2.78. The molecule has 3 atom stereocenters. The first kappa shape index (κ1) is 22.0. The number of amides is 1. The second kappa shape index (κ2) is 9.18. The third kappa shape index (κ3) is 4.01. The van der Waals surface area contributed by atoms with Crippen LogP contribution in [0.3, 0.4) is 0 Å². The molecule has 1 fully saturated rings. The predicted octanol–water partition coefficient (Wildman–Crippen LogP) is 5.41. The molecule has 1 saturated carbocycles. The normalized spacial score (nSPS) is 24.4. The fourth-order valence-electron chi connectivity index (χ4n) is 4.99. The number of anilines is 1. The maximum Gasteiger partial charge on any atom is 0.295 e. The molecule has 0 spiro atoms. The van der Waals surface area contributed by atoms with Crippen LogP contribution in [0, 0.1) is 5.92 Å². The number of pyridine rings is 1. The maximum absolute atomic E-state index is 13.7. The van der Waals surface area contributed by atoms with Crippen molar-refractivity contribution in [3.05, 3.63) is 64.5 Å². The molecule has 3 heterocycles. The number of hydrogen-bond donors (Lipinski definition) is 0. The number of hydrogen-bond acceptors (Lipinski definition) is 5. The van der Waals surface area contributed by atoms with Crippen molar-refractivity contribution in [2.75, 3.05) is 11.5 Å². The summed E-state index contributed by atoms with van der Waals surface area (Å²) in [4.78, 5) is 33.2. The number of fused-ring (bicyclic) bond motifs is 1. The summed E-state index contributed by atoms with van der Waals surface area (Å²) < 4.78 is 12.0. The second-order valence-electron chi connectivity index (χ2n) is 8.84. The number of carbonyl (C=O) groups excluding carboxylic acids is 2. The lowest BCUT2D eigenvalue weighted by Gasteiger charge is -2.35. The minimum atomic E-state index is -0.596. The number of rotatable bonds is 6. The van der Waals surface area contributed by atoms with Crippen LogP contribution in [0.4, 0.5) is 5.82 Å². The highest BCUT2D eigenvalue weighted by Gasteiger charge is 2.52. The van der Waals surface area contributed by atoms with E-state index >= 15 is 0 Å². The number of ketones is 1. The van der Waals surface area contributed by atoms with E-state index in [9.17, 15) is 9.59 Å². The highest BCUT2D eigenvalue weighted by atomic mass is 35.5. The predicted molar refractivity (Wildman–Crippen MR) is 125 cm³/mol. The Bertz CT molecular complexity index is 1080. The summed E-state index contributed by atoms with van der Waals surface area (Å²) in [5, 5.41) is 0.478. The van der Waals surface area contributed by atoms with Gasteiger partial charge in [0.2, 0.25) is 0 Å². The number of carbonyl (C=O) groups is 2. The molecule has 1 aromatic carbocycles. The quantitative estimate of drug-likeness (QED) is 0.532. The van der Waals surface area contributed by atoms with Crippen molar-refractivity contribution in [1.29, 1.82) is 0 Å². The number of unbranched alkanes of at least 4 members (excludes halogenated alkanes) is 1. The van der Waals surface area contributed by atoms with Gasteiger partial charge >= 0.3 is 0 Å². The lowest BCUT2D eigenvalue weighted by molar-refractivity contribution is -0.131. The van der Waals surface area contributed by atoms with E-state index in [2.05, 4.69) is 11.9 Å². The van der Waals surface area contributed by atoms with Crippen molar-refractivity contribution >= 4 is 29.1 Å². The van der Waals surface area contributed by atoms with Crippen molar-refractivity contribution in [2.45, 2.75) is 57.6 Å². The highest BCUT2D eigenvalue weighted by Crippen LogP contribution is 2.48. The summed E-state index contributed by atoms with van der Waals surface area (Å²) >= 11 is 6.04. The molecular formula is C26H27ClN2O4. The lowest BCUT2D eigenvalue weighted by Crippen LogP contribution is -2.39. The highest BCUT2D eigenvalue weighted by molar-refractivity contribution is 6.30. The van der Waals surface area contributed by atoms with Crippen LogP contribution in [0.5, 0.6) is 5.75 Å². The maximum atomic E-state index is 13.7. The second-order valence-corrected chi connectivity index (χ2v) is 9.27. The van der Waals surface area contributed by atoms with E-state index in [1.54, 1.807) is 17.0 Å². The first-order valence-corrected chi connectivity index (χ1v) is 12.1. The van der Waals surface area contributed by atoms with E-state index in [0.29, 0.717) is 23.0 Å². The molecule has 7 heteroatoms. The van der Waals surface area contributed by atoms with Gasteiger partial charge in [0.1, 0.15) is 17.7 Å². The number of aromatic nitrogens is 1. The van der Waals surface area contributed by atoms with Gasteiger partial charge in [-0.25, -0.2) is 4.98 Å². The molecule has 2 aromatic rings. The van der Waals surface area contributed by atoms with Gasteiger partial charge in [0.15, 0.2) is 11.5 Å². The molecule has 0 N–H and O–H groups in total. The average molecular weight is 467 g/mol. The van der Waals surface area contributed by atoms with Crippen molar-refractivity contribution in [2.24, 2.45) is 5.92 Å². The van der Waals surface area contributed by atoms with Crippen LogP contribution < -0.4 is 9.64 Å². The Morgan fingerprint density at radius 2 is 1.91 bits per heavy atom. The number of halogens is 1. The van der Waals surface area contributed by atoms with Crippen molar-refractivity contribution in [3.8, 4) is 5.75 Å². The Balaban J connectivity index is 1.54. The molecule has 0 radical (unpaired) electrons. The Labute approximate surface area is 198 Å². The van der Waals surface area contributed by atoms with Crippen molar-refractivity contribution in [1.82, 2.24) is 4.98 Å². The van der Waals surface area contributed by atoms with Crippen molar-refractivity contribution < 1.29 is 19.1 Å². The van der Waals surface area contributed by atoms with Gasteiger partial charge in [0, 0.05) is 6.20 Å². The topological polar surface area (TPSA) is 68.7 Å². The Morgan fingerprint density at radius 3 is 2.64 bits per heavy atom. The van der Waals surface area contributed by atoms with E-state index in [0.717, 1.165) is 49.8 Å². The fourth-order valence-corrected chi connectivity index (χ4v) is 5.10. The molecule has 33 heavy (non-hydrogen) atoms. The lowest BCUT2D eigenvalue weighted by atomic mass is 9.77. The third-order valence-corrected chi connectivity index (χ3v) is 6.91. The zero-order valence-electron chi connectivity index (χ0n) is 18.6. The first-order chi connectivity index (χ1) is 16.1. The van der Waals surface area contributed by atoms with Crippen LogP contribution in [0.15, 0.2) is 53.9 Å². The first-order valence-electron chi connectivity index (χ1n) is 11.7. The standard InChI is InChI=1S/C26H27ClN2O4/c1-2-3-14-32-18-11-8-16(9-12-18)23-22-24(30)19-6-4-5-7-20(19)33-25(22)26(31)29(23)21-13-10-17(27)15-28-21/h8-13,15,19-20,23H,2-7,14H2,1H3. The molecule has 6 nitrogen and oxygen atoms in total. The third-order valence-electron chi connectivity index (χ3n) is 6.68. The van der Waals surface area contributed by atoms with Gasteiger partial charge in [-0.3, -0.25) is 14.5 Å². The molecule has 0 bridgehead atoms. The molecule has 1 aliphatic carbocycles. The molecule has 0 saturated heterocycles. The van der Waals surface area contributed by atoms with Crippen molar-refractivity contribution in [3.63, 3.8) is 0 Å². The van der Waals surface area contributed by atoms with E-state index in [-0.39, 0.29) is 29.5 Å². The Kier molecular flexibility index (Phi) is 6.11. The van der Waals surface area contributed by atoms with Gasteiger partial charge in [-0.1, -0.05) is 43.5 Å². The van der Waals surface area contributed by atoms with Gasteiger partial charge in [-0.15, -0.1) is 0 Å². The van der Waals surface area contributed by atoms with Gasteiger partial charge in [0.25, 0.3) is 5.91 Å². The minimum Gasteiger partial charge on any atom is -0.494 e. The molecular weight excluding hydrogens is 440 g/mol. The van der Waals surface area contributed by atoms with E-state index < -0.39 is 6.04 Å². The Hall–Kier alpha value is -2.86. The molecule has 1 amide bonds. The van der Waals surface area contributed by atoms with Crippen LogP contribution in [-0.2, 0) is 14.3 Å².